The Balaban J connectivity index is 2.31. The molecule has 3 rings (SSSR count). The van der Waals surface area contributed by atoms with Crippen LogP contribution in [0.25, 0.3) is 0 Å². The number of amides is 2. The highest BCUT2D eigenvalue weighted by atomic mass is 35.5. The number of imide groups is 1. The molecule has 1 aliphatic carbocycles. The molecule has 0 aromatic heterocycles. The number of halogens is 2. The summed E-state index contributed by atoms with van der Waals surface area (Å²) in [7, 11) is 2.78. The molecule has 1 N–H and O–H groups in total. The first-order valence-electron chi connectivity index (χ1n) is 7.62. The maximum Gasteiger partial charge on any atom is 0.253 e. The van der Waals surface area contributed by atoms with Gasteiger partial charge in [0.05, 0.1) is 7.11 Å². The van der Waals surface area contributed by atoms with Gasteiger partial charge in [-0.25, -0.2) is 0 Å². The zero-order valence-electron chi connectivity index (χ0n) is 13.8. The van der Waals surface area contributed by atoms with Crippen molar-refractivity contribution in [3.8, 4) is 11.5 Å². The Labute approximate surface area is 155 Å². The molecule has 1 aliphatic heterocycles. The van der Waals surface area contributed by atoms with E-state index in [1.807, 2.05) is 0 Å². The summed E-state index contributed by atoms with van der Waals surface area (Å²) in [6.07, 6.45) is 3.38. The number of phenols is 1. The van der Waals surface area contributed by atoms with Gasteiger partial charge < -0.3 is 9.84 Å². The van der Waals surface area contributed by atoms with Crippen LogP contribution < -0.4 is 4.74 Å². The van der Waals surface area contributed by atoms with Crippen LogP contribution in [0.15, 0.2) is 42.5 Å². The largest absolute Gasteiger partial charge is 0.504 e. The summed E-state index contributed by atoms with van der Waals surface area (Å²) >= 11 is 13.4. The number of hydrogen-bond donors (Lipinski definition) is 1. The van der Waals surface area contributed by atoms with Gasteiger partial charge in [0.1, 0.15) is 0 Å². The van der Waals surface area contributed by atoms with Crippen molar-refractivity contribution in [2.24, 2.45) is 0 Å². The van der Waals surface area contributed by atoms with Gasteiger partial charge in [-0.3, -0.25) is 14.5 Å². The number of rotatable bonds is 3. The zero-order chi connectivity index (χ0) is 18.6. The Hall–Kier alpha value is -1.98. The second kappa shape index (κ2) is 5.78. The predicted octanol–water partition coefficient (Wildman–Crippen LogP) is 2.95. The number of likely N-dealkylation sites (tertiary alicyclic amines) is 1. The molecule has 1 aromatic rings. The maximum atomic E-state index is 12.9. The van der Waals surface area contributed by atoms with E-state index >= 15 is 0 Å². The lowest BCUT2D eigenvalue weighted by Gasteiger charge is -2.42. The van der Waals surface area contributed by atoms with Crippen LogP contribution in [0.3, 0.4) is 0 Å². The van der Waals surface area contributed by atoms with Gasteiger partial charge in [-0.05, 0) is 18.1 Å². The van der Waals surface area contributed by atoms with Gasteiger partial charge in [0, 0.05) is 18.5 Å². The van der Waals surface area contributed by atoms with Crippen LogP contribution in [-0.4, -0.2) is 45.7 Å². The van der Waals surface area contributed by atoms with E-state index < -0.39 is 27.5 Å². The van der Waals surface area contributed by atoms with Gasteiger partial charge in [0.2, 0.25) is 0 Å². The second-order valence-electron chi connectivity index (χ2n) is 6.13. The molecule has 2 aliphatic rings. The van der Waals surface area contributed by atoms with Crippen LogP contribution in [0.1, 0.15) is 17.9 Å². The Morgan fingerprint density at radius 3 is 2.64 bits per heavy atom. The molecular formula is C18H17Cl2NO4. The number of fused-ring (bicyclic) bond motifs is 1. The molecule has 0 bridgehead atoms. The first-order valence-corrected chi connectivity index (χ1v) is 8.38. The van der Waals surface area contributed by atoms with Crippen molar-refractivity contribution in [3.63, 3.8) is 0 Å². The van der Waals surface area contributed by atoms with Crippen LogP contribution in [0.2, 0.25) is 0 Å². The third-order valence-corrected chi connectivity index (χ3v) is 6.40. The number of carbonyl (C=O) groups excluding carboxylic acids is 2. The highest BCUT2D eigenvalue weighted by molar-refractivity contribution is 6.53. The van der Waals surface area contributed by atoms with Crippen LogP contribution in [0.4, 0.5) is 0 Å². The average molecular weight is 382 g/mol. The molecular weight excluding hydrogens is 365 g/mol. The molecule has 1 fully saturated rings. The number of para-hydroxylation sites is 1. The fourth-order valence-electron chi connectivity index (χ4n) is 3.65. The minimum absolute atomic E-state index is 0.0928. The number of alkyl halides is 2. The SMILES string of the molecule is C=CC1=CC[C@@]2(Cl)C(=O)N(C)C(=O)[C@@]2(Cl)[C@H]1c1cccc(OC)c1O. The van der Waals surface area contributed by atoms with Gasteiger partial charge in [0.15, 0.2) is 21.2 Å². The summed E-state index contributed by atoms with van der Waals surface area (Å²) < 4.78 is 5.15. The third-order valence-electron chi connectivity index (χ3n) is 4.98. The van der Waals surface area contributed by atoms with Gasteiger partial charge in [-0.1, -0.05) is 30.9 Å². The highest BCUT2D eigenvalue weighted by Crippen LogP contribution is 2.60. The summed E-state index contributed by atoms with van der Waals surface area (Å²) in [4.78, 5) is 23.0. The number of ether oxygens (including phenoxy) is 1. The summed E-state index contributed by atoms with van der Waals surface area (Å²) in [5, 5.41) is 10.6. The van der Waals surface area contributed by atoms with E-state index in [9.17, 15) is 14.7 Å². The average Bonchev–Trinajstić information content (AvgIpc) is 2.74. The van der Waals surface area contributed by atoms with E-state index in [4.69, 9.17) is 27.9 Å². The third kappa shape index (κ3) is 2.09. The monoisotopic (exact) mass is 381 g/mol. The smallest absolute Gasteiger partial charge is 0.253 e. The lowest BCUT2D eigenvalue weighted by molar-refractivity contribution is -0.137. The van der Waals surface area contributed by atoms with E-state index in [0.29, 0.717) is 11.1 Å². The molecule has 0 saturated carbocycles. The molecule has 0 unspecified atom stereocenters. The topological polar surface area (TPSA) is 66.8 Å². The van der Waals surface area contributed by atoms with E-state index in [1.165, 1.54) is 14.2 Å². The van der Waals surface area contributed by atoms with E-state index in [1.54, 1.807) is 30.4 Å². The van der Waals surface area contributed by atoms with E-state index in [-0.39, 0.29) is 17.9 Å². The Bertz CT molecular complexity index is 821. The fraction of sp³-hybridized carbons (Fsp3) is 0.333. The molecule has 132 valence electrons. The lowest BCUT2D eigenvalue weighted by Crippen LogP contribution is -2.54. The Morgan fingerprint density at radius 2 is 2.04 bits per heavy atom. The molecule has 25 heavy (non-hydrogen) atoms. The van der Waals surface area contributed by atoms with Crippen molar-refractivity contribution >= 4 is 35.0 Å². The zero-order valence-corrected chi connectivity index (χ0v) is 15.3. The Kier molecular flexibility index (Phi) is 4.12. The Morgan fingerprint density at radius 1 is 1.36 bits per heavy atom. The number of benzene rings is 1. The minimum atomic E-state index is -1.78. The fourth-order valence-corrected chi connectivity index (χ4v) is 4.58. The molecule has 2 amide bonds. The lowest BCUT2D eigenvalue weighted by atomic mass is 9.68. The number of allylic oxidation sites excluding steroid dienone is 3. The van der Waals surface area contributed by atoms with E-state index in [0.717, 1.165) is 4.90 Å². The first kappa shape index (κ1) is 17.8. The van der Waals surface area contributed by atoms with Crippen molar-refractivity contribution in [1.82, 2.24) is 4.90 Å². The predicted molar refractivity (Wildman–Crippen MR) is 95.2 cm³/mol. The van der Waals surface area contributed by atoms with Crippen molar-refractivity contribution in [3.05, 3.63) is 48.1 Å². The molecule has 1 aromatic carbocycles. The number of aromatic hydroxyl groups is 1. The normalized spacial score (nSPS) is 31.6. The number of hydrogen-bond acceptors (Lipinski definition) is 4. The number of carbonyl (C=O) groups is 2. The standard InChI is InChI=1S/C18H17Cl2NO4/c1-4-10-8-9-17(19)15(23)21(2)16(24)18(17,20)13(10)11-6-5-7-12(25-3)14(11)22/h4-8,13,22H,1,9H2,2-3H3/t13-,17-,18+/m1/s1. The highest BCUT2D eigenvalue weighted by Gasteiger charge is 2.72. The number of phenolic OH excluding ortho intramolecular Hbond substituents is 1. The van der Waals surface area contributed by atoms with Crippen molar-refractivity contribution in [1.29, 1.82) is 0 Å². The quantitative estimate of drug-likeness (QED) is 0.645. The number of nitrogens with zero attached hydrogens (tertiary/aromatic N) is 1. The maximum absolute atomic E-state index is 12.9. The van der Waals surface area contributed by atoms with Gasteiger partial charge in [-0.15, -0.1) is 23.2 Å². The molecule has 1 heterocycles. The molecule has 0 radical (unpaired) electrons. The van der Waals surface area contributed by atoms with Crippen LogP contribution in [-0.2, 0) is 9.59 Å². The van der Waals surface area contributed by atoms with Crippen molar-refractivity contribution in [2.75, 3.05) is 14.2 Å². The van der Waals surface area contributed by atoms with Gasteiger partial charge >= 0.3 is 0 Å². The summed E-state index contributed by atoms with van der Waals surface area (Å²) in [6.45, 7) is 3.77. The second-order valence-corrected chi connectivity index (χ2v) is 7.37. The first-order chi connectivity index (χ1) is 11.7. The minimum Gasteiger partial charge on any atom is -0.504 e. The van der Waals surface area contributed by atoms with Crippen LogP contribution >= 0.6 is 23.2 Å². The van der Waals surface area contributed by atoms with Crippen LogP contribution in [0.5, 0.6) is 11.5 Å². The summed E-state index contributed by atoms with van der Waals surface area (Å²) in [6, 6.07) is 4.88. The number of methoxy groups -OCH3 is 1. The summed E-state index contributed by atoms with van der Waals surface area (Å²) in [5.41, 5.74) is 0.966. The van der Waals surface area contributed by atoms with Gasteiger partial charge in [0.25, 0.3) is 11.8 Å². The van der Waals surface area contributed by atoms with Gasteiger partial charge in [-0.2, -0.15) is 0 Å². The molecule has 7 heteroatoms. The molecule has 5 nitrogen and oxygen atoms in total. The molecule has 3 atom stereocenters. The molecule has 0 spiro atoms. The van der Waals surface area contributed by atoms with E-state index in [2.05, 4.69) is 6.58 Å². The molecule has 1 saturated heterocycles. The van der Waals surface area contributed by atoms with Crippen molar-refractivity contribution in [2.45, 2.75) is 22.1 Å². The van der Waals surface area contributed by atoms with Crippen molar-refractivity contribution < 1.29 is 19.4 Å². The summed E-state index contributed by atoms with van der Waals surface area (Å²) in [5.74, 6) is -1.93. The van der Waals surface area contributed by atoms with Crippen LogP contribution in [0, 0.1) is 0 Å².